The molecule has 0 unspecified atom stereocenters. The number of nitrogens with one attached hydrogen (secondary N) is 1. The van der Waals surface area contributed by atoms with Crippen molar-refractivity contribution in [3.8, 4) is 5.75 Å². The zero-order chi connectivity index (χ0) is 13.4. The van der Waals surface area contributed by atoms with E-state index < -0.39 is 17.4 Å². The van der Waals surface area contributed by atoms with Crippen LogP contribution >= 0.6 is 0 Å². The Hall–Kier alpha value is -2.43. The summed E-state index contributed by atoms with van der Waals surface area (Å²) < 4.78 is 27.3. The van der Waals surface area contributed by atoms with Crippen LogP contribution in [0.4, 0.5) is 8.78 Å². The van der Waals surface area contributed by atoms with E-state index in [2.05, 4.69) is 10.2 Å². The van der Waals surface area contributed by atoms with Crippen LogP contribution in [0.1, 0.15) is 11.3 Å². The molecule has 0 fully saturated rings. The lowest BCUT2D eigenvalue weighted by atomic mass is 10.1. The SMILES string of the molecule is Oc1cc(F)c(Cc2[nH]nc3ccccc23)c(F)c1. The fourth-order valence-corrected chi connectivity index (χ4v) is 2.08. The maximum atomic E-state index is 13.7. The number of hydrogen-bond donors (Lipinski definition) is 2. The lowest BCUT2D eigenvalue weighted by Gasteiger charge is -2.04. The van der Waals surface area contributed by atoms with Crippen molar-refractivity contribution in [1.29, 1.82) is 0 Å². The number of hydrogen-bond acceptors (Lipinski definition) is 2. The van der Waals surface area contributed by atoms with Crippen LogP contribution in [0.25, 0.3) is 10.9 Å². The van der Waals surface area contributed by atoms with E-state index in [0.29, 0.717) is 5.69 Å². The normalized spacial score (nSPS) is 11.1. The molecule has 0 saturated carbocycles. The van der Waals surface area contributed by atoms with Gasteiger partial charge in [-0.25, -0.2) is 8.78 Å². The molecule has 19 heavy (non-hydrogen) atoms. The van der Waals surface area contributed by atoms with Gasteiger partial charge < -0.3 is 5.11 Å². The Bertz CT molecular complexity index is 729. The van der Waals surface area contributed by atoms with Gasteiger partial charge in [-0.3, -0.25) is 5.10 Å². The number of aromatic amines is 1. The fraction of sp³-hybridized carbons (Fsp3) is 0.0714. The topological polar surface area (TPSA) is 48.9 Å². The molecule has 0 bridgehead atoms. The molecule has 0 spiro atoms. The fourth-order valence-electron chi connectivity index (χ4n) is 2.08. The van der Waals surface area contributed by atoms with Crippen LogP contribution in [0.15, 0.2) is 36.4 Å². The molecular formula is C14H10F2N2O. The molecule has 3 rings (SSSR count). The van der Waals surface area contributed by atoms with Crippen molar-refractivity contribution in [2.24, 2.45) is 0 Å². The van der Waals surface area contributed by atoms with E-state index in [0.717, 1.165) is 23.0 Å². The average Bonchev–Trinajstić information content (AvgIpc) is 2.77. The van der Waals surface area contributed by atoms with E-state index in [1.54, 1.807) is 0 Å². The third kappa shape index (κ3) is 2.03. The summed E-state index contributed by atoms with van der Waals surface area (Å²) in [4.78, 5) is 0. The van der Waals surface area contributed by atoms with Gasteiger partial charge in [0.2, 0.25) is 0 Å². The number of aromatic hydroxyl groups is 1. The third-order valence-corrected chi connectivity index (χ3v) is 3.02. The van der Waals surface area contributed by atoms with Gasteiger partial charge in [-0.1, -0.05) is 18.2 Å². The van der Waals surface area contributed by atoms with Gasteiger partial charge in [-0.2, -0.15) is 5.10 Å². The number of halogens is 2. The molecule has 0 aliphatic heterocycles. The summed E-state index contributed by atoms with van der Waals surface area (Å²) in [6.45, 7) is 0. The monoisotopic (exact) mass is 260 g/mol. The molecule has 3 aromatic rings. The predicted octanol–water partition coefficient (Wildman–Crippen LogP) is 3.14. The zero-order valence-corrected chi connectivity index (χ0v) is 9.82. The van der Waals surface area contributed by atoms with Crippen molar-refractivity contribution < 1.29 is 13.9 Å². The number of nitrogens with zero attached hydrogens (tertiary/aromatic N) is 1. The minimum absolute atomic E-state index is 0.0540. The number of para-hydroxylation sites is 1. The number of phenolic OH excluding ortho intramolecular Hbond substituents is 1. The molecule has 0 aliphatic carbocycles. The number of fused-ring (bicyclic) bond motifs is 1. The van der Waals surface area contributed by atoms with Crippen molar-refractivity contribution in [3.63, 3.8) is 0 Å². The van der Waals surface area contributed by atoms with E-state index in [-0.39, 0.29) is 12.0 Å². The highest BCUT2D eigenvalue weighted by atomic mass is 19.1. The second-order valence-electron chi connectivity index (χ2n) is 4.28. The third-order valence-electron chi connectivity index (χ3n) is 3.02. The molecule has 5 heteroatoms. The molecule has 96 valence electrons. The number of aromatic nitrogens is 2. The van der Waals surface area contributed by atoms with E-state index in [1.165, 1.54) is 0 Å². The van der Waals surface area contributed by atoms with Crippen molar-refractivity contribution >= 4 is 10.9 Å². The second-order valence-corrected chi connectivity index (χ2v) is 4.28. The van der Waals surface area contributed by atoms with Gasteiger partial charge in [0.15, 0.2) is 0 Å². The minimum Gasteiger partial charge on any atom is -0.508 e. The number of rotatable bonds is 2. The maximum absolute atomic E-state index is 13.7. The highest BCUT2D eigenvalue weighted by Crippen LogP contribution is 2.24. The van der Waals surface area contributed by atoms with E-state index in [1.807, 2.05) is 24.3 Å². The Morgan fingerprint density at radius 1 is 1.11 bits per heavy atom. The Kier molecular flexibility index (Phi) is 2.67. The first kappa shape index (κ1) is 11.6. The maximum Gasteiger partial charge on any atom is 0.133 e. The van der Waals surface area contributed by atoms with Crippen molar-refractivity contribution in [1.82, 2.24) is 10.2 Å². The largest absolute Gasteiger partial charge is 0.508 e. The quantitative estimate of drug-likeness (QED) is 0.743. The summed E-state index contributed by atoms with van der Waals surface area (Å²) in [6, 6.07) is 9.14. The van der Waals surface area contributed by atoms with Gasteiger partial charge in [-0.05, 0) is 6.07 Å². The van der Waals surface area contributed by atoms with Crippen molar-refractivity contribution in [3.05, 3.63) is 59.3 Å². The molecule has 0 atom stereocenters. The molecule has 0 aliphatic rings. The van der Waals surface area contributed by atoms with Gasteiger partial charge in [0, 0.05) is 35.2 Å². The molecule has 0 radical (unpaired) electrons. The van der Waals surface area contributed by atoms with E-state index in [9.17, 15) is 8.78 Å². The molecule has 1 heterocycles. The zero-order valence-electron chi connectivity index (χ0n) is 9.82. The number of phenols is 1. The van der Waals surface area contributed by atoms with Gasteiger partial charge in [-0.15, -0.1) is 0 Å². The standard InChI is InChI=1S/C14H10F2N2O/c15-11-5-8(19)6-12(16)10(11)7-14-9-3-1-2-4-13(9)17-18-14/h1-6,19H,7H2,(H,17,18). The Balaban J connectivity index is 2.06. The molecule has 0 saturated heterocycles. The Morgan fingerprint density at radius 2 is 1.79 bits per heavy atom. The van der Waals surface area contributed by atoms with Crippen LogP contribution in [-0.2, 0) is 6.42 Å². The van der Waals surface area contributed by atoms with Crippen LogP contribution < -0.4 is 0 Å². The first-order valence-corrected chi connectivity index (χ1v) is 5.74. The first-order valence-electron chi connectivity index (χ1n) is 5.74. The summed E-state index contributed by atoms with van der Waals surface area (Å²) in [5.41, 5.74) is 1.29. The summed E-state index contributed by atoms with van der Waals surface area (Å²) in [5.74, 6) is -1.96. The smallest absolute Gasteiger partial charge is 0.133 e. The average molecular weight is 260 g/mol. The highest BCUT2D eigenvalue weighted by Gasteiger charge is 2.14. The highest BCUT2D eigenvalue weighted by molar-refractivity contribution is 5.81. The van der Waals surface area contributed by atoms with Gasteiger partial charge in [0.05, 0.1) is 5.52 Å². The summed E-state index contributed by atoms with van der Waals surface area (Å²) in [6.07, 6.45) is 0.0540. The molecular weight excluding hydrogens is 250 g/mol. The Labute approximate surface area is 107 Å². The lowest BCUT2D eigenvalue weighted by molar-refractivity contribution is 0.457. The lowest BCUT2D eigenvalue weighted by Crippen LogP contribution is -1.98. The molecule has 3 nitrogen and oxygen atoms in total. The van der Waals surface area contributed by atoms with Crippen LogP contribution in [0, 0.1) is 11.6 Å². The van der Waals surface area contributed by atoms with Gasteiger partial charge in [0.25, 0.3) is 0 Å². The van der Waals surface area contributed by atoms with Crippen LogP contribution in [-0.4, -0.2) is 15.3 Å². The summed E-state index contributed by atoms with van der Waals surface area (Å²) >= 11 is 0. The van der Waals surface area contributed by atoms with Gasteiger partial charge in [0.1, 0.15) is 17.4 Å². The van der Waals surface area contributed by atoms with E-state index in [4.69, 9.17) is 5.11 Å². The molecule has 1 aromatic heterocycles. The molecule has 2 aromatic carbocycles. The summed E-state index contributed by atoms with van der Waals surface area (Å²) in [5, 5.41) is 16.8. The molecule has 2 N–H and O–H groups in total. The predicted molar refractivity (Wildman–Crippen MR) is 66.9 cm³/mol. The minimum atomic E-state index is -0.767. The number of benzene rings is 2. The Morgan fingerprint density at radius 3 is 2.53 bits per heavy atom. The van der Waals surface area contributed by atoms with Crippen molar-refractivity contribution in [2.45, 2.75) is 6.42 Å². The summed E-state index contributed by atoms with van der Waals surface area (Å²) in [7, 11) is 0. The first-order chi connectivity index (χ1) is 9.15. The van der Waals surface area contributed by atoms with Crippen molar-refractivity contribution in [2.75, 3.05) is 0 Å². The number of H-pyrrole nitrogens is 1. The van der Waals surface area contributed by atoms with Crippen LogP contribution in [0.5, 0.6) is 5.75 Å². The van der Waals surface area contributed by atoms with Gasteiger partial charge >= 0.3 is 0 Å². The molecule has 0 amide bonds. The van der Waals surface area contributed by atoms with E-state index >= 15 is 0 Å². The van der Waals surface area contributed by atoms with Crippen LogP contribution in [0.3, 0.4) is 0 Å². The van der Waals surface area contributed by atoms with Crippen LogP contribution in [0.2, 0.25) is 0 Å². The second kappa shape index (κ2) is 4.35.